The Balaban J connectivity index is 1.49. The summed E-state index contributed by atoms with van der Waals surface area (Å²) in [5.74, 6) is 0.857. The zero-order chi connectivity index (χ0) is 17.9. The third-order valence-corrected chi connectivity index (χ3v) is 5.69. The minimum absolute atomic E-state index is 0.0179. The average Bonchev–Trinajstić information content (AvgIpc) is 2.94. The first-order chi connectivity index (χ1) is 12.7. The second-order valence-electron chi connectivity index (χ2n) is 6.11. The summed E-state index contributed by atoms with van der Waals surface area (Å²) in [6.45, 7) is 1.07. The molecule has 2 aromatic rings. The van der Waals surface area contributed by atoms with Gasteiger partial charge in [0, 0.05) is 12.1 Å². The summed E-state index contributed by atoms with van der Waals surface area (Å²) in [6.07, 6.45) is 4.76. The van der Waals surface area contributed by atoms with Crippen LogP contribution in [0.2, 0.25) is 0 Å². The molecule has 2 aliphatic heterocycles. The molecule has 2 heterocycles. The second kappa shape index (κ2) is 7.48. The van der Waals surface area contributed by atoms with Crippen molar-refractivity contribution >= 4 is 40.3 Å². The van der Waals surface area contributed by atoms with E-state index in [0.29, 0.717) is 22.4 Å². The number of thiocarbonyl (C=S) groups is 1. The number of benzene rings is 2. The molecule has 0 N–H and O–H groups in total. The summed E-state index contributed by atoms with van der Waals surface area (Å²) in [6, 6.07) is 18.0. The van der Waals surface area contributed by atoms with Crippen molar-refractivity contribution in [3.05, 3.63) is 82.3 Å². The lowest BCUT2D eigenvalue weighted by Gasteiger charge is -2.16. The molecule has 2 aliphatic rings. The van der Waals surface area contributed by atoms with Crippen LogP contribution in [-0.4, -0.2) is 28.3 Å². The fourth-order valence-electron chi connectivity index (χ4n) is 2.96. The molecule has 1 amide bonds. The Labute approximate surface area is 162 Å². The van der Waals surface area contributed by atoms with E-state index in [1.54, 1.807) is 4.90 Å². The summed E-state index contributed by atoms with van der Waals surface area (Å²) < 4.78 is 6.38. The number of fused-ring (bicyclic) bond motifs is 1. The van der Waals surface area contributed by atoms with Gasteiger partial charge in [-0.3, -0.25) is 9.69 Å². The first-order valence-corrected chi connectivity index (χ1v) is 9.65. The number of thioether (sulfide) groups is 1. The van der Waals surface area contributed by atoms with E-state index >= 15 is 0 Å². The maximum Gasteiger partial charge on any atom is 0.266 e. The average molecular weight is 380 g/mol. The lowest BCUT2D eigenvalue weighted by Crippen LogP contribution is -2.30. The van der Waals surface area contributed by atoms with Crippen molar-refractivity contribution in [1.29, 1.82) is 0 Å². The van der Waals surface area contributed by atoms with Crippen molar-refractivity contribution in [1.82, 2.24) is 4.90 Å². The van der Waals surface area contributed by atoms with Crippen LogP contribution in [0.5, 0.6) is 5.75 Å². The number of carbonyl (C=O) groups is 1. The molecule has 0 aromatic heterocycles. The maximum atomic E-state index is 12.7. The van der Waals surface area contributed by atoms with Crippen LogP contribution in [0.4, 0.5) is 0 Å². The van der Waals surface area contributed by atoms with Gasteiger partial charge in [-0.25, -0.2) is 0 Å². The normalized spacial score (nSPS) is 17.9. The number of amides is 1. The van der Waals surface area contributed by atoms with Crippen molar-refractivity contribution in [3.63, 3.8) is 0 Å². The van der Waals surface area contributed by atoms with Crippen LogP contribution in [0, 0.1) is 0 Å². The number of hydrogen-bond donors (Lipinski definition) is 0. The number of ether oxygens (including phenoxy) is 1. The predicted octanol–water partition coefficient (Wildman–Crippen LogP) is 4.45. The number of rotatable bonds is 4. The van der Waals surface area contributed by atoms with E-state index in [1.165, 1.54) is 17.3 Å². The number of carbonyl (C=O) groups excluding carboxylic acids is 1. The van der Waals surface area contributed by atoms with Crippen LogP contribution in [0.15, 0.2) is 71.2 Å². The summed E-state index contributed by atoms with van der Waals surface area (Å²) >= 11 is 6.78. The fourth-order valence-corrected chi connectivity index (χ4v) is 4.29. The largest absolute Gasteiger partial charge is 0.488 e. The molecule has 3 nitrogen and oxygen atoms in total. The van der Waals surface area contributed by atoms with Crippen LogP contribution in [0.3, 0.4) is 0 Å². The summed E-state index contributed by atoms with van der Waals surface area (Å²) in [7, 11) is 0. The number of nitrogens with zero attached hydrogens (tertiary/aromatic N) is 1. The standard InChI is InChI=1S/C21H17NO2S2/c23-20-19(13-16-12-17-8-4-5-9-18(17)24-14-16)26-21(25)22(20)11-10-15-6-2-1-3-7-15/h1-9,12-13H,10-11,14H2/b19-13+. The van der Waals surface area contributed by atoms with Crippen LogP contribution >= 0.6 is 24.0 Å². The van der Waals surface area contributed by atoms with Crippen molar-refractivity contribution in [2.24, 2.45) is 0 Å². The Morgan fingerprint density at radius 2 is 1.88 bits per heavy atom. The Bertz CT molecular complexity index is 919. The van der Waals surface area contributed by atoms with Gasteiger partial charge in [0.15, 0.2) is 0 Å². The first kappa shape index (κ1) is 17.1. The zero-order valence-corrected chi connectivity index (χ0v) is 15.7. The van der Waals surface area contributed by atoms with Gasteiger partial charge in [0.25, 0.3) is 5.91 Å². The van der Waals surface area contributed by atoms with Gasteiger partial charge in [-0.2, -0.15) is 0 Å². The molecule has 0 unspecified atom stereocenters. The molecule has 0 saturated carbocycles. The van der Waals surface area contributed by atoms with Crippen LogP contribution in [0.25, 0.3) is 6.08 Å². The third-order valence-electron chi connectivity index (χ3n) is 4.31. The van der Waals surface area contributed by atoms with Gasteiger partial charge < -0.3 is 4.74 Å². The van der Waals surface area contributed by atoms with Crippen molar-refractivity contribution < 1.29 is 9.53 Å². The van der Waals surface area contributed by atoms with E-state index in [9.17, 15) is 4.79 Å². The SMILES string of the molecule is O=C1/C(=C\C2=Cc3ccccc3OC2)SC(=S)N1CCc1ccccc1. The van der Waals surface area contributed by atoms with Gasteiger partial charge in [0.1, 0.15) is 16.7 Å². The monoisotopic (exact) mass is 379 g/mol. The molecule has 0 aliphatic carbocycles. The first-order valence-electron chi connectivity index (χ1n) is 8.42. The molecule has 0 radical (unpaired) electrons. The zero-order valence-electron chi connectivity index (χ0n) is 14.1. The topological polar surface area (TPSA) is 29.5 Å². The molecular weight excluding hydrogens is 362 g/mol. The minimum Gasteiger partial charge on any atom is -0.488 e. The van der Waals surface area contributed by atoms with Crippen LogP contribution in [0.1, 0.15) is 11.1 Å². The highest BCUT2D eigenvalue weighted by Crippen LogP contribution is 2.34. The lowest BCUT2D eigenvalue weighted by atomic mass is 10.1. The van der Waals surface area contributed by atoms with Crippen LogP contribution < -0.4 is 4.74 Å². The Morgan fingerprint density at radius 3 is 2.73 bits per heavy atom. The van der Waals surface area contributed by atoms with E-state index < -0.39 is 0 Å². The van der Waals surface area contributed by atoms with Gasteiger partial charge >= 0.3 is 0 Å². The number of para-hydroxylation sites is 1. The molecule has 0 bridgehead atoms. The third kappa shape index (κ3) is 3.59. The summed E-state index contributed by atoms with van der Waals surface area (Å²) in [5.41, 5.74) is 3.21. The Kier molecular flexibility index (Phi) is 4.91. The Morgan fingerprint density at radius 1 is 1.12 bits per heavy atom. The predicted molar refractivity (Wildman–Crippen MR) is 110 cm³/mol. The Hall–Kier alpha value is -2.37. The summed E-state index contributed by atoms with van der Waals surface area (Å²) in [4.78, 5) is 15.1. The molecule has 4 rings (SSSR count). The van der Waals surface area contributed by atoms with Gasteiger partial charge in [0.2, 0.25) is 0 Å². The van der Waals surface area contributed by atoms with Crippen molar-refractivity contribution in [3.8, 4) is 5.75 Å². The fraction of sp³-hybridized carbons (Fsp3) is 0.143. The van der Waals surface area contributed by atoms with Crippen molar-refractivity contribution in [2.75, 3.05) is 13.2 Å². The second-order valence-corrected chi connectivity index (χ2v) is 7.79. The van der Waals surface area contributed by atoms with Gasteiger partial charge in [-0.1, -0.05) is 72.5 Å². The van der Waals surface area contributed by atoms with Gasteiger partial charge in [-0.15, -0.1) is 0 Å². The molecule has 5 heteroatoms. The number of hydrogen-bond acceptors (Lipinski definition) is 4. The molecule has 0 spiro atoms. The minimum atomic E-state index is -0.0179. The van der Waals surface area contributed by atoms with Gasteiger partial charge in [0.05, 0.1) is 4.91 Å². The lowest BCUT2D eigenvalue weighted by molar-refractivity contribution is -0.122. The van der Waals surface area contributed by atoms with Crippen LogP contribution in [-0.2, 0) is 11.2 Å². The van der Waals surface area contributed by atoms with Gasteiger partial charge in [-0.05, 0) is 35.8 Å². The van der Waals surface area contributed by atoms with E-state index in [2.05, 4.69) is 18.2 Å². The molecule has 1 saturated heterocycles. The molecular formula is C21H17NO2S2. The van der Waals surface area contributed by atoms with E-state index in [0.717, 1.165) is 23.3 Å². The van der Waals surface area contributed by atoms with E-state index in [-0.39, 0.29) is 5.91 Å². The molecule has 0 atom stereocenters. The molecule has 2 aromatic carbocycles. The molecule has 130 valence electrons. The molecule has 26 heavy (non-hydrogen) atoms. The quantitative estimate of drug-likeness (QED) is 0.580. The van der Waals surface area contributed by atoms with E-state index in [4.69, 9.17) is 17.0 Å². The maximum absolute atomic E-state index is 12.7. The van der Waals surface area contributed by atoms with E-state index in [1.807, 2.05) is 48.5 Å². The van der Waals surface area contributed by atoms with Crippen molar-refractivity contribution in [2.45, 2.75) is 6.42 Å². The summed E-state index contributed by atoms with van der Waals surface area (Å²) in [5, 5.41) is 0. The highest BCUT2D eigenvalue weighted by molar-refractivity contribution is 8.26. The molecule has 1 fully saturated rings. The highest BCUT2D eigenvalue weighted by atomic mass is 32.2. The highest BCUT2D eigenvalue weighted by Gasteiger charge is 2.32. The smallest absolute Gasteiger partial charge is 0.266 e.